The maximum atomic E-state index is 10.9. The molecule has 0 radical (unpaired) electrons. The molecule has 2 atom stereocenters. The average Bonchev–Trinajstić information content (AvgIpc) is 1.84. The number of carbonyl (C=O) groups is 1. The lowest BCUT2D eigenvalue weighted by Gasteiger charge is -2.12. The molecule has 5 heteroatoms. The Kier molecular flexibility index (Phi) is 5.70. The van der Waals surface area contributed by atoms with E-state index in [1.165, 1.54) is 0 Å². The van der Waals surface area contributed by atoms with Gasteiger partial charge in [0.15, 0.2) is 0 Å². The molecule has 0 aliphatic heterocycles. The van der Waals surface area contributed by atoms with Crippen LogP contribution in [-0.4, -0.2) is 34.8 Å². The fourth-order valence-electron chi connectivity index (χ4n) is 0.829. The molecule has 0 aliphatic carbocycles. The highest BCUT2D eigenvalue weighted by Crippen LogP contribution is 1.84. The molecule has 0 spiro atoms. The van der Waals surface area contributed by atoms with Crippen LogP contribution >= 0.6 is 0 Å². The van der Waals surface area contributed by atoms with Gasteiger partial charge < -0.3 is 10.6 Å². The number of nitrogens with one attached hydrogen (secondary N) is 2. The average molecular weight is 192 g/mol. The van der Waals surface area contributed by atoms with Crippen molar-refractivity contribution in [3.8, 4) is 0 Å². The van der Waals surface area contributed by atoms with Crippen molar-refractivity contribution in [2.45, 2.75) is 19.9 Å². The van der Waals surface area contributed by atoms with Gasteiger partial charge in [-0.05, 0) is 13.8 Å². The number of rotatable bonds is 4. The van der Waals surface area contributed by atoms with E-state index in [1.54, 1.807) is 6.26 Å². The molecule has 2 N–H and O–H groups in total. The van der Waals surface area contributed by atoms with E-state index in [9.17, 15) is 9.00 Å². The molecule has 12 heavy (non-hydrogen) atoms. The Labute approximate surface area is 75.6 Å². The van der Waals surface area contributed by atoms with Gasteiger partial charge in [-0.3, -0.25) is 4.21 Å². The second-order valence-corrected chi connectivity index (χ2v) is 4.12. The van der Waals surface area contributed by atoms with Crippen LogP contribution in [-0.2, 0) is 10.8 Å². The van der Waals surface area contributed by atoms with Crippen molar-refractivity contribution in [2.24, 2.45) is 0 Å². The highest BCUT2D eigenvalue weighted by atomic mass is 32.2. The Morgan fingerprint density at radius 3 is 2.58 bits per heavy atom. The van der Waals surface area contributed by atoms with Crippen molar-refractivity contribution >= 4 is 16.8 Å². The normalized spacial score (nSPS) is 14.9. The summed E-state index contributed by atoms with van der Waals surface area (Å²) in [5, 5.41) is 5.27. The highest BCUT2D eigenvalue weighted by molar-refractivity contribution is 7.84. The molecular weight excluding hydrogens is 176 g/mol. The second kappa shape index (κ2) is 5.99. The molecule has 0 aromatic carbocycles. The van der Waals surface area contributed by atoms with Crippen LogP contribution in [0.1, 0.15) is 13.8 Å². The first-order valence-corrected chi connectivity index (χ1v) is 5.63. The van der Waals surface area contributed by atoms with E-state index >= 15 is 0 Å². The van der Waals surface area contributed by atoms with Gasteiger partial charge in [0.2, 0.25) is 0 Å². The predicted octanol–water partition coefficient (Wildman–Crippen LogP) is 0.0725. The summed E-state index contributed by atoms with van der Waals surface area (Å²) >= 11 is 0. The number of amides is 2. The summed E-state index contributed by atoms with van der Waals surface area (Å²) in [6.45, 7) is 4.28. The first kappa shape index (κ1) is 11.4. The third-order valence-electron chi connectivity index (χ3n) is 1.20. The smallest absolute Gasteiger partial charge is 0.315 e. The zero-order valence-electron chi connectivity index (χ0n) is 7.72. The van der Waals surface area contributed by atoms with E-state index in [0.29, 0.717) is 12.3 Å². The summed E-state index contributed by atoms with van der Waals surface area (Å²) in [5.41, 5.74) is 0. The molecule has 0 saturated heterocycles. The van der Waals surface area contributed by atoms with Gasteiger partial charge in [-0.1, -0.05) is 0 Å². The van der Waals surface area contributed by atoms with E-state index in [0.717, 1.165) is 0 Å². The predicted molar refractivity (Wildman–Crippen MR) is 50.6 cm³/mol. The van der Waals surface area contributed by atoms with Crippen LogP contribution in [0, 0.1) is 0 Å². The Morgan fingerprint density at radius 2 is 2.17 bits per heavy atom. The number of hydrogen-bond donors (Lipinski definition) is 2. The van der Waals surface area contributed by atoms with Crippen LogP contribution < -0.4 is 10.6 Å². The number of carbonyl (C=O) groups excluding carboxylic acids is 1. The van der Waals surface area contributed by atoms with Crippen LogP contribution in [0.3, 0.4) is 0 Å². The fraction of sp³-hybridized carbons (Fsp3) is 0.857. The minimum Gasteiger partial charge on any atom is -0.338 e. The van der Waals surface area contributed by atoms with Gasteiger partial charge in [-0.15, -0.1) is 0 Å². The maximum absolute atomic E-state index is 10.9. The molecule has 0 rings (SSSR count). The molecule has 0 aromatic heterocycles. The molecular formula is C7H16N2O2S. The molecule has 0 heterocycles. The maximum Gasteiger partial charge on any atom is 0.315 e. The van der Waals surface area contributed by atoms with Crippen LogP contribution in [0.5, 0.6) is 0 Å². The zero-order chi connectivity index (χ0) is 9.56. The summed E-state index contributed by atoms with van der Waals surface area (Å²) in [4.78, 5) is 10.9. The van der Waals surface area contributed by atoms with Gasteiger partial charge in [-0.2, -0.15) is 0 Å². The molecule has 2 unspecified atom stereocenters. The van der Waals surface area contributed by atoms with Gasteiger partial charge in [0.25, 0.3) is 0 Å². The van der Waals surface area contributed by atoms with Crippen molar-refractivity contribution < 1.29 is 9.00 Å². The van der Waals surface area contributed by atoms with Crippen molar-refractivity contribution in [2.75, 3.05) is 18.6 Å². The molecule has 72 valence electrons. The second-order valence-electron chi connectivity index (χ2n) is 2.64. The van der Waals surface area contributed by atoms with Gasteiger partial charge in [0.05, 0.1) is 0 Å². The highest BCUT2D eigenvalue weighted by Gasteiger charge is 2.06. The quantitative estimate of drug-likeness (QED) is 0.662. The third kappa shape index (κ3) is 6.15. The molecule has 0 aromatic rings. The largest absolute Gasteiger partial charge is 0.338 e. The Hall–Kier alpha value is -0.580. The Balaban J connectivity index is 3.61. The van der Waals surface area contributed by atoms with Crippen molar-refractivity contribution in [1.29, 1.82) is 0 Å². The standard InChI is InChI=1S/C7H16N2O2S/c1-4-8-7(10)9-6(2)5-12(3)11/h6H,4-5H2,1-3H3,(H2,8,9,10). The summed E-state index contributed by atoms with van der Waals surface area (Å²) in [5.74, 6) is 0.497. The lowest BCUT2D eigenvalue weighted by atomic mass is 10.4. The van der Waals surface area contributed by atoms with Gasteiger partial charge >= 0.3 is 6.03 Å². The summed E-state index contributed by atoms with van der Waals surface area (Å²) in [6, 6.07) is -0.238. The van der Waals surface area contributed by atoms with Gasteiger partial charge in [-0.25, -0.2) is 4.79 Å². The van der Waals surface area contributed by atoms with Gasteiger partial charge in [0.1, 0.15) is 0 Å². The van der Waals surface area contributed by atoms with Crippen molar-refractivity contribution in [3.63, 3.8) is 0 Å². The van der Waals surface area contributed by atoms with Gasteiger partial charge in [0, 0.05) is 35.4 Å². The van der Waals surface area contributed by atoms with Crippen LogP contribution in [0.4, 0.5) is 4.79 Å². The molecule has 0 bridgehead atoms. The molecule has 0 fully saturated rings. The van der Waals surface area contributed by atoms with E-state index in [-0.39, 0.29) is 12.1 Å². The molecule has 0 aliphatic rings. The van der Waals surface area contributed by atoms with Crippen LogP contribution in [0.25, 0.3) is 0 Å². The molecule has 4 nitrogen and oxygen atoms in total. The first-order chi connectivity index (χ1) is 5.56. The minimum atomic E-state index is -0.859. The topological polar surface area (TPSA) is 58.2 Å². The molecule has 0 saturated carbocycles. The lowest BCUT2D eigenvalue weighted by Crippen LogP contribution is -2.42. The van der Waals surface area contributed by atoms with E-state index in [2.05, 4.69) is 10.6 Å². The number of urea groups is 1. The van der Waals surface area contributed by atoms with Crippen LogP contribution in [0.2, 0.25) is 0 Å². The summed E-state index contributed by atoms with van der Waals surface area (Å²) in [6.07, 6.45) is 1.62. The first-order valence-electron chi connectivity index (χ1n) is 3.90. The third-order valence-corrected chi connectivity index (χ3v) is 2.17. The van der Waals surface area contributed by atoms with E-state index in [1.807, 2.05) is 13.8 Å². The zero-order valence-corrected chi connectivity index (χ0v) is 8.53. The minimum absolute atomic E-state index is 0.0395. The fourth-order valence-corrected chi connectivity index (χ4v) is 1.62. The van der Waals surface area contributed by atoms with Crippen LogP contribution in [0.15, 0.2) is 0 Å². The Morgan fingerprint density at radius 1 is 1.58 bits per heavy atom. The van der Waals surface area contributed by atoms with E-state index < -0.39 is 10.8 Å². The summed E-state index contributed by atoms with van der Waals surface area (Å²) in [7, 11) is -0.859. The number of hydrogen-bond acceptors (Lipinski definition) is 2. The monoisotopic (exact) mass is 192 g/mol. The van der Waals surface area contributed by atoms with Crippen molar-refractivity contribution in [3.05, 3.63) is 0 Å². The SMILES string of the molecule is CCNC(=O)NC(C)CS(C)=O. The van der Waals surface area contributed by atoms with E-state index in [4.69, 9.17) is 0 Å². The van der Waals surface area contributed by atoms with Crippen molar-refractivity contribution in [1.82, 2.24) is 10.6 Å². The Bertz CT molecular complexity index is 173. The molecule has 2 amide bonds. The summed E-state index contributed by atoms with van der Waals surface area (Å²) < 4.78 is 10.7. The lowest BCUT2D eigenvalue weighted by molar-refractivity contribution is 0.239.